The van der Waals surface area contributed by atoms with Gasteiger partial charge in [-0.05, 0) is 6.92 Å². The maximum atomic E-state index is 10.2. The molecule has 4 atom stereocenters. The van der Waals surface area contributed by atoms with Gasteiger partial charge in [0.05, 0.1) is 6.26 Å². The van der Waals surface area contributed by atoms with Gasteiger partial charge < -0.3 is 30.2 Å². The van der Waals surface area contributed by atoms with E-state index in [-0.39, 0.29) is 11.4 Å². The van der Waals surface area contributed by atoms with Crippen LogP contribution < -0.4 is 5.73 Å². The Labute approximate surface area is 107 Å². The van der Waals surface area contributed by atoms with E-state index in [1.54, 1.807) is 0 Å². The standard InChI is InChI=1S/C11H13N3O5/c1-11(17)7(15)10(16)19-8(11)4-2-18-6-5(4)13-3-14-9(6)12/h2-3,7-8,10,15-17H,1H3,(H2,12,13,14)/t7-,8+,10?,11-/m1/s1. The number of nitrogens with zero attached hydrogens (tertiary/aromatic N) is 2. The van der Waals surface area contributed by atoms with Gasteiger partial charge in [-0.2, -0.15) is 0 Å². The zero-order chi connectivity index (χ0) is 13.8. The number of aliphatic hydroxyl groups is 3. The summed E-state index contributed by atoms with van der Waals surface area (Å²) in [6.45, 7) is 1.36. The first-order chi connectivity index (χ1) is 8.93. The normalized spacial score (nSPS) is 35.1. The van der Waals surface area contributed by atoms with Crippen LogP contribution in [0.5, 0.6) is 0 Å². The Morgan fingerprint density at radius 1 is 1.37 bits per heavy atom. The summed E-state index contributed by atoms with van der Waals surface area (Å²) in [5.41, 5.74) is 5.01. The second-order valence-electron chi connectivity index (χ2n) is 4.71. The van der Waals surface area contributed by atoms with Crippen molar-refractivity contribution < 1.29 is 24.5 Å². The SMILES string of the molecule is C[C@@]1(O)[C@H](O)C(O)O[C@H]1c1coc2c(N)ncnc12. The average molecular weight is 267 g/mol. The molecule has 0 saturated carbocycles. The van der Waals surface area contributed by atoms with Crippen LogP contribution in [-0.4, -0.2) is 43.3 Å². The van der Waals surface area contributed by atoms with Crippen LogP contribution >= 0.6 is 0 Å². The third-order valence-electron chi connectivity index (χ3n) is 3.37. The smallest absolute Gasteiger partial charge is 0.194 e. The lowest BCUT2D eigenvalue weighted by atomic mass is 9.91. The molecular weight excluding hydrogens is 254 g/mol. The summed E-state index contributed by atoms with van der Waals surface area (Å²) in [5.74, 6) is 0.162. The minimum absolute atomic E-state index is 0.162. The number of rotatable bonds is 1. The molecule has 1 fully saturated rings. The molecule has 3 rings (SSSR count). The van der Waals surface area contributed by atoms with Crippen molar-refractivity contribution in [2.75, 3.05) is 5.73 Å². The molecule has 0 aromatic carbocycles. The predicted molar refractivity (Wildman–Crippen MR) is 62.7 cm³/mol. The van der Waals surface area contributed by atoms with E-state index in [1.165, 1.54) is 19.5 Å². The summed E-state index contributed by atoms with van der Waals surface area (Å²) in [6, 6.07) is 0. The molecule has 1 aliphatic heterocycles. The molecule has 1 saturated heterocycles. The Bertz CT molecular complexity index is 626. The van der Waals surface area contributed by atoms with Crippen LogP contribution in [0.4, 0.5) is 5.82 Å². The van der Waals surface area contributed by atoms with Crippen LogP contribution in [-0.2, 0) is 4.74 Å². The zero-order valence-corrected chi connectivity index (χ0v) is 10.0. The summed E-state index contributed by atoms with van der Waals surface area (Å²) >= 11 is 0. The number of furan rings is 1. The lowest BCUT2D eigenvalue weighted by Crippen LogP contribution is -2.42. The molecule has 1 unspecified atom stereocenters. The number of ether oxygens (including phenoxy) is 1. The van der Waals surface area contributed by atoms with Crippen LogP contribution in [0.1, 0.15) is 18.6 Å². The van der Waals surface area contributed by atoms with Gasteiger partial charge in [-0.25, -0.2) is 9.97 Å². The molecule has 19 heavy (non-hydrogen) atoms. The molecule has 5 N–H and O–H groups in total. The number of hydrogen-bond acceptors (Lipinski definition) is 8. The van der Waals surface area contributed by atoms with Crippen molar-refractivity contribution in [2.45, 2.75) is 31.0 Å². The van der Waals surface area contributed by atoms with Crippen LogP contribution in [0.25, 0.3) is 11.1 Å². The van der Waals surface area contributed by atoms with Crippen molar-refractivity contribution in [1.82, 2.24) is 9.97 Å². The molecule has 0 aliphatic carbocycles. The van der Waals surface area contributed by atoms with Gasteiger partial charge in [0, 0.05) is 5.56 Å². The fraction of sp³-hybridized carbons (Fsp3) is 0.455. The van der Waals surface area contributed by atoms with Crippen LogP contribution in [0.15, 0.2) is 17.0 Å². The minimum atomic E-state index is -1.67. The van der Waals surface area contributed by atoms with E-state index in [0.717, 1.165) is 0 Å². The van der Waals surface area contributed by atoms with Crippen molar-refractivity contribution >= 4 is 16.9 Å². The van der Waals surface area contributed by atoms with Gasteiger partial charge in [0.1, 0.15) is 29.7 Å². The van der Waals surface area contributed by atoms with Crippen molar-refractivity contribution in [2.24, 2.45) is 0 Å². The Kier molecular flexibility index (Phi) is 2.51. The minimum Gasteiger partial charge on any atom is -0.458 e. The first kappa shape index (κ1) is 12.3. The lowest BCUT2D eigenvalue weighted by molar-refractivity contribution is -0.128. The van der Waals surface area contributed by atoms with E-state index in [4.69, 9.17) is 14.9 Å². The Morgan fingerprint density at radius 2 is 2.11 bits per heavy atom. The summed E-state index contributed by atoms with van der Waals surface area (Å²) in [7, 11) is 0. The van der Waals surface area contributed by atoms with Gasteiger partial charge in [-0.1, -0.05) is 0 Å². The maximum absolute atomic E-state index is 10.2. The maximum Gasteiger partial charge on any atom is 0.194 e. The molecule has 8 nitrogen and oxygen atoms in total. The van der Waals surface area contributed by atoms with Gasteiger partial charge in [0.25, 0.3) is 0 Å². The summed E-state index contributed by atoms with van der Waals surface area (Å²) in [5, 5.41) is 29.5. The molecule has 2 aromatic heterocycles. The third-order valence-corrected chi connectivity index (χ3v) is 3.37. The predicted octanol–water partition coefficient (Wildman–Crippen LogP) is -0.693. The molecule has 102 valence electrons. The summed E-state index contributed by atoms with van der Waals surface area (Å²) in [4.78, 5) is 7.81. The second kappa shape index (κ2) is 3.87. The Hall–Kier alpha value is -1.74. The molecule has 0 amide bonds. The highest BCUT2D eigenvalue weighted by Gasteiger charge is 2.53. The van der Waals surface area contributed by atoms with Crippen LogP contribution in [0.2, 0.25) is 0 Å². The third kappa shape index (κ3) is 1.61. The number of nitrogens with two attached hydrogens (primary N) is 1. The monoisotopic (exact) mass is 267 g/mol. The lowest BCUT2D eigenvalue weighted by Gasteiger charge is -2.25. The van der Waals surface area contributed by atoms with Crippen molar-refractivity contribution in [3.63, 3.8) is 0 Å². The topological polar surface area (TPSA) is 135 Å². The number of aliphatic hydroxyl groups excluding tert-OH is 2. The van der Waals surface area contributed by atoms with E-state index < -0.39 is 24.1 Å². The molecule has 0 bridgehead atoms. The number of nitrogen functional groups attached to an aromatic ring is 1. The average Bonchev–Trinajstić information content (AvgIpc) is 2.86. The van der Waals surface area contributed by atoms with Gasteiger partial charge in [0.2, 0.25) is 0 Å². The first-order valence-electron chi connectivity index (χ1n) is 5.64. The first-order valence-corrected chi connectivity index (χ1v) is 5.64. The van der Waals surface area contributed by atoms with Crippen molar-refractivity contribution in [1.29, 1.82) is 0 Å². The van der Waals surface area contributed by atoms with E-state index in [0.29, 0.717) is 11.1 Å². The summed E-state index contributed by atoms with van der Waals surface area (Å²) < 4.78 is 10.4. The molecule has 8 heteroatoms. The van der Waals surface area contributed by atoms with Gasteiger partial charge in [-0.3, -0.25) is 0 Å². The highest BCUT2D eigenvalue weighted by molar-refractivity contribution is 5.85. The molecule has 3 heterocycles. The van der Waals surface area contributed by atoms with E-state index in [9.17, 15) is 15.3 Å². The van der Waals surface area contributed by atoms with Gasteiger partial charge >= 0.3 is 0 Å². The fourth-order valence-electron chi connectivity index (χ4n) is 2.26. The Balaban J connectivity index is 2.13. The number of hydrogen-bond donors (Lipinski definition) is 4. The number of aromatic nitrogens is 2. The van der Waals surface area contributed by atoms with Gasteiger partial charge in [-0.15, -0.1) is 0 Å². The summed E-state index contributed by atoms with van der Waals surface area (Å²) in [6.07, 6.45) is -1.31. The molecule has 2 aromatic rings. The molecule has 1 aliphatic rings. The molecule has 0 spiro atoms. The number of anilines is 1. The van der Waals surface area contributed by atoms with Crippen LogP contribution in [0, 0.1) is 0 Å². The molecular formula is C11H13N3O5. The zero-order valence-electron chi connectivity index (χ0n) is 10.0. The highest BCUT2D eigenvalue weighted by atomic mass is 16.6. The van der Waals surface area contributed by atoms with Gasteiger partial charge in [0.15, 0.2) is 17.7 Å². The largest absolute Gasteiger partial charge is 0.458 e. The van der Waals surface area contributed by atoms with E-state index >= 15 is 0 Å². The van der Waals surface area contributed by atoms with E-state index in [2.05, 4.69) is 9.97 Å². The highest BCUT2D eigenvalue weighted by Crippen LogP contribution is 2.43. The Morgan fingerprint density at radius 3 is 2.74 bits per heavy atom. The quantitative estimate of drug-likeness (QED) is 0.533. The second-order valence-corrected chi connectivity index (χ2v) is 4.71. The van der Waals surface area contributed by atoms with Crippen molar-refractivity contribution in [3.05, 3.63) is 18.2 Å². The molecule has 0 radical (unpaired) electrons. The van der Waals surface area contributed by atoms with Crippen molar-refractivity contribution in [3.8, 4) is 0 Å². The van der Waals surface area contributed by atoms with E-state index in [1.807, 2.05) is 0 Å². The fourth-order valence-corrected chi connectivity index (χ4v) is 2.26. The number of fused-ring (bicyclic) bond motifs is 1. The van der Waals surface area contributed by atoms with Crippen LogP contribution in [0.3, 0.4) is 0 Å².